The molecule has 0 aliphatic carbocycles. The Labute approximate surface area is 146 Å². The van der Waals surface area contributed by atoms with Gasteiger partial charge in [-0.2, -0.15) is 0 Å². The second-order valence-electron chi connectivity index (χ2n) is 6.63. The number of hydrogen-bond donors (Lipinski definition) is 0. The van der Waals surface area contributed by atoms with Crippen molar-refractivity contribution in [2.24, 2.45) is 4.99 Å². The number of benzene rings is 2. The number of amidine groups is 1. The minimum atomic E-state index is -0.402. The first-order valence-electron chi connectivity index (χ1n) is 9.12. The first-order chi connectivity index (χ1) is 11.9. The van der Waals surface area contributed by atoms with Crippen molar-refractivity contribution in [3.63, 3.8) is 0 Å². The van der Waals surface area contributed by atoms with Gasteiger partial charge in [-0.1, -0.05) is 67.1 Å². The van der Waals surface area contributed by atoms with Crippen LogP contribution in [0.25, 0.3) is 0 Å². The molecule has 2 aliphatic rings. The molecule has 0 radical (unpaired) electrons. The van der Waals surface area contributed by atoms with E-state index in [1.807, 2.05) is 0 Å². The van der Waals surface area contributed by atoms with Gasteiger partial charge in [-0.15, -0.1) is 0 Å². The Morgan fingerprint density at radius 2 is 1.42 bits per heavy atom. The van der Waals surface area contributed by atoms with Crippen molar-refractivity contribution >= 4 is 24.4 Å². The molecule has 2 aromatic carbocycles. The van der Waals surface area contributed by atoms with Crippen LogP contribution >= 0.6 is 7.92 Å². The highest BCUT2D eigenvalue weighted by Crippen LogP contribution is 2.44. The monoisotopic (exact) mass is 336 g/mol. The summed E-state index contributed by atoms with van der Waals surface area (Å²) < 4.78 is 0. The standard InChI is InChI=1S/C21H25N2P/c1-3-10-18(11-4-1)24(19-12-5-2-6-13-19)20-14-7-8-16-23-17-9-15-22-21(20)23/h1-6,10-13,20H,7-9,14-17H2. The van der Waals surface area contributed by atoms with E-state index in [1.54, 1.807) is 0 Å². The maximum atomic E-state index is 5.02. The summed E-state index contributed by atoms with van der Waals surface area (Å²) in [5.74, 6) is 1.40. The van der Waals surface area contributed by atoms with Gasteiger partial charge in [0.25, 0.3) is 0 Å². The van der Waals surface area contributed by atoms with Crippen molar-refractivity contribution in [1.82, 2.24) is 4.90 Å². The Hall–Kier alpha value is -1.66. The number of nitrogens with zero attached hydrogens (tertiary/aromatic N) is 2. The van der Waals surface area contributed by atoms with Gasteiger partial charge in [0.15, 0.2) is 0 Å². The van der Waals surface area contributed by atoms with E-state index in [-0.39, 0.29) is 0 Å². The largest absolute Gasteiger partial charge is 0.360 e. The highest BCUT2D eigenvalue weighted by atomic mass is 31.1. The van der Waals surface area contributed by atoms with Gasteiger partial charge >= 0.3 is 0 Å². The zero-order valence-electron chi connectivity index (χ0n) is 14.1. The molecule has 0 bridgehead atoms. The molecule has 0 aromatic heterocycles. The molecule has 2 nitrogen and oxygen atoms in total. The summed E-state index contributed by atoms with van der Waals surface area (Å²) in [6.45, 7) is 3.40. The quantitative estimate of drug-likeness (QED) is 0.779. The topological polar surface area (TPSA) is 15.6 Å². The fourth-order valence-corrected chi connectivity index (χ4v) is 6.83. The van der Waals surface area contributed by atoms with Gasteiger partial charge in [0.2, 0.25) is 0 Å². The van der Waals surface area contributed by atoms with Gasteiger partial charge in [0, 0.05) is 25.3 Å². The van der Waals surface area contributed by atoms with Gasteiger partial charge in [-0.25, -0.2) is 0 Å². The molecule has 1 saturated heterocycles. The lowest BCUT2D eigenvalue weighted by atomic mass is 10.2. The SMILES string of the molecule is c1ccc(P(c2ccccc2)C2CCCCN3CCCN=C23)cc1. The van der Waals surface area contributed by atoms with Crippen LogP contribution in [-0.2, 0) is 0 Å². The Balaban J connectivity index is 1.78. The minimum Gasteiger partial charge on any atom is -0.360 e. The van der Waals surface area contributed by atoms with Gasteiger partial charge < -0.3 is 4.90 Å². The first-order valence-corrected chi connectivity index (χ1v) is 10.5. The summed E-state index contributed by atoms with van der Waals surface area (Å²) in [7, 11) is -0.402. The molecule has 124 valence electrons. The molecule has 4 rings (SSSR count). The molecule has 2 aliphatic heterocycles. The van der Waals surface area contributed by atoms with Crippen LogP contribution in [0.3, 0.4) is 0 Å². The third-order valence-electron chi connectivity index (χ3n) is 5.02. The van der Waals surface area contributed by atoms with Crippen molar-refractivity contribution < 1.29 is 0 Å². The Bertz CT molecular complexity index is 644. The first kappa shape index (κ1) is 15.8. The van der Waals surface area contributed by atoms with E-state index in [0.717, 1.165) is 6.54 Å². The van der Waals surface area contributed by atoms with E-state index >= 15 is 0 Å². The summed E-state index contributed by atoms with van der Waals surface area (Å²) in [6, 6.07) is 22.3. The van der Waals surface area contributed by atoms with Crippen LogP contribution in [0.1, 0.15) is 25.7 Å². The zero-order valence-corrected chi connectivity index (χ0v) is 15.0. The third-order valence-corrected chi connectivity index (χ3v) is 7.84. The smallest absolute Gasteiger partial charge is 0.107 e. The van der Waals surface area contributed by atoms with E-state index < -0.39 is 7.92 Å². The van der Waals surface area contributed by atoms with Crippen molar-refractivity contribution in [2.45, 2.75) is 31.3 Å². The van der Waals surface area contributed by atoms with Crippen LogP contribution in [0.4, 0.5) is 0 Å². The third kappa shape index (κ3) is 3.26. The fourth-order valence-electron chi connectivity index (χ4n) is 3.91. The average molecular weight is 336 g/mol. The molecule has 1 fully saturated rings. The van der Waals surface area contributed by atoms with Crippen LogP contribution in [0, 0.1) is 0 Å². The van der Waals surface area contributed by atoms with Crippen LogP contribution in [0.15, 0.2) is 65.7 Å². The maximum absolute atomic E-state index is 5.02. The molecular formula is C21H25N2P. The molecular weight excluding hydrogens is 311 g/mol. The normalized spacial score (nSPS) is 21.1. The zero-order chi connectivity index (χ0) is 16.2. The molecule has 2 heterocycles. The lowest BCUT2D eigenvalue weighted by Gasteiger charge is -2.36. The molecule has 24 heavy (non-hydrogen) atoms. The average Bonchev–Trinajstić information content (AvgIpc) is 2.87. The van der Waals surface area contributed by atoms with Crippen molar-refractivity contribution in [3.05, 3.63) is 60.7 Å². The molecule has 2 aromatic rings. The van der Waals surface area contributed by atoms with Gasteiger partial charge in [-0.05, 0) is 37.8 Å². The molecule has 1 unspecified atom stereocenters. The Kier molecular flexibility index (Phi) is 4.94. The van der Waals surface area contributed by atoms with Crippen LogP contribution in [0.2, 0.25) is 0 Å². The van der Waals surface area contributed by atoms with Crippen molar-refractivity contribution in [1.29, 1.82) is 0 Å². The number of aliphatic imine (C=N–C) groups is 1. The van der Waals surface area contributed by atoms with Crippen LogP contribution in [-0.4, -0.2) is 36.0 Å². The summed E-state index contributed by atoms with van der Waals surface area (Å²) in [6.07, 6.45) is 5.11. The predicted octanol–water partition coefficient (Wildman–Crippen LogP) is 3.78. The number of hydrogen-bond acceptors (Lipinski definition) is 2. The molecule has 1 atom stereocenters. The Morgan fingerprint density at radius 3 is 2.08 bits per heavy atom. The van der Waals surface area contributed by atoms with Crippen molar-refractivity contribution in [2.75, 3.05) is 19.6 Å². The van der Waals surface area contributed by atoms with Gasteiger partial charge in [-0.3, -0.25) is 4.99 Å². The van der Waals surface area contributed by atoms with Gasteiger partial charge in [0.05, 0.1) is 0 Å². The fraction of sp³-hybridized carbons (Fsp3) is 0.381. The molecule has 0 spiro atoms. The second-order valence-corrected chi connectivity index (χ2v) is 9.03. The number of fused-ring (bicyclic) bond motifs is 1. The highest BCUT2D eigenvalue weighted by molar-refractivity contribution is 7.74. The van der Waals surface area contributed by atoms with E-state index in [9.17, 15) is 0 Å². The lowest BCUT2D eigenvalue weighted by molar-refractivity contribution is 0.391. The summed E-state index contributed by atoms with van der Waals surface area (Å²) in [5, 5.41) is 2.97. The van der Waals surface area contributed by atoms with Gasteiger partial charge in [0.1, 0.15) is 5.84 Å². The molecule has 0 amide bonds. The highest BCUT2D eigenvalue weighted by Gasteiger charge is 2.33. The molecule has 0 saturated carbocycles. The molecule has 0 N–H and O–H groups in total. The van der Waals surface area contributed by atoms with Crippen molar-refractivity contribution in [3.8, 4) is 0 Å². The lowest BCUT2D eigenvalue weighted by Crippen LogP contribution is -2.43. The number of rotatable bonds is 3. The second kappa shape index (κ2) is 7.49. The van der Waals surface area contributed by atoms with E-state index in [1.165, 1.54) is 55.2 Å². The van der Waals surface area contributed by atoms with E-state index in [2.05, 4.69) is 65.6 Å². The Morgan fingerprint density at radius 1 is 0.792 bits per heavy atom. The minimum absolute atomic E-state index is 0.402. The molecule has 3 heteroatoms. The summed E-state index contributed by atoms with van der Waals surface area (Å²) in [5.41, 5.74) is 0.563. The van der Waals surface area contributed by atoms with Crippen LogP contribution < -0.4 is 10.6 Å². The van der Waals surface area contributed by atoms with E-state index in [4.69, 9.17) is 4.99 Å². The predicted molar refractivity (Wildman–Crippen MR) is 105 cm³/mol. The van der Waals surface area contributed by atoms with E-state index in [0.29, 0.717) is 5.66 Å². The summed E-state index contributed by atoms with van der Waals surface area (Å²) >= 11 is 0. The van der Waals surface area contributed by atoms with Crippen LogP contribution in [0.5, 0.6) is 0 Å². The maximum Gasteiger partial charge on any atom is 0.107 e. The summed E-state index contributed by atoms with van der Waals surface area (Å²) in [4.78, 5) is 7.61.